The zero-order valence-electron chi connectivity index (χ0n) is 10.4. The maximum absolute atomic E-state index is 12.0. The van der Waals surface area contributed by atoms with Crippen LogP contribution in [0.5, 0.6) is 0 Å². The first-order chi connectivity index (χ1) is 8.15. The molecule has 5 heteroatoms. The number of amides is 2. The van der Waals surface area contributed by atoms with E-state index in [2.05, 4.69) is 16.3 Å². The predicted molar refractivity (Wildman–Crippen MR) is 64.4 cm³/mol. The average molecular weight is 236 g/mol. The van der Waals surface area contributed by atoms with Gasteiger partial charge in [0, 0.05) is 26.2 Å². The molecule has 2 fully saturated rings. The van der Waals surface area contributed by atoms with Crippen LogP contribution in [0.1, 0.15) is 25.7 Å². The Bertz CT molecular complexity index is 322. The fourth-order valence-corrected chi connectivity index (χ4v) is 2.47. The molecule has 0 atom stereocenters. The molecule has 1 N–H and O–H groups in total. The van der Waals surface area contributed by atoms with Crippen molar-refractivity contribution in [1.82, 2.24) is 15.1 Å². The third kappa shape index (κ3) is 2.70. The number of piperidine rings is 1. The summed E-state index contributed by atoms with van der Waals surface area (Å²) in [4.78, 5) is 16.0. The van der Waals surface area contributed by atoms with Gasteiger partial charge in [-0.1, -0.05) is 0 Å². The van der Waals surface area contributed by atoms with E-state index < -0.39 is 5.54 Å². The lowest BCUT2D eigenvalue weighted by atomic mass is 9.89. The van der Waals surface area contributed by atoms with Crippen molar-refractivity contribution in [3.63, 3.8) is 0 Å². The topological polar surface area (TPSA) is 59.4 Å². The molecule has 0 unspecified atom stereocenters. The maximum Gasteiger partial charge on any atom is 0.318 e. The zero-order valence-corrected chi connectivity index (χ0v) is 10.4. The Labute approximate surface area is 102 Å². The first kappa shape index (κ1) is 12.2. The summed E-state index contributed by atoms with van der Waals surface area (Å²) < 4.78 is 0. The molecule has 0 aromatic rings. The quantitative estimate of drug-likeness (QED) is 0.732. The lowest BCUT2D eigenvalue weighted by molar-refractivity contribution is 0.170. The van der Waals surface area contributed by atoms with Crippen LogP contribution in [0, 0.1) is 11.3 Å². The third-order valence-corrected chi connectivity index (χ3v) is 3.79. The molecule has 0 saturated carbocycles. The summed E-state index contributed by atoms with van der Waals surface area (Å²) in [5.74, 6) is 0. The van der Waals surface area contributed by atoms with Gasteiger partial charge in [0.25, 0.3) is 0 Å². The van der Waals surface area contributed by atoms with Crippen LogP contribution in [0.3, 0.4) is 0 Å². The highest BCUT2D eigenvalue weighted by Gasteiger charge is 2.36. The second-order valence-electron chi connectivity index (χ2n) is 5.12. The van der Waals surface area contributed by atoms with E-state index in [0.29, 0.717) is 0 Å². The van der Waals surface area contributed by atoms with Gasteiger partial charge in [0.05, 0.1) is 6.07 Å². The second-order valence-corrected chi connectivity index (χ2v) is 5.12. The Hall–Kier alpha value is -1.28. The van der Waals surface area contributed by atoms with Crippen LogP contribution in [0.25, 0.3) is 0 Å². The molecule has 94 valence electrons. The van der Waals surface area contributed by atoms with E-state index in [-0.39, 0.29) is 6.03 Å². The van der Waals surface area contributed by atoms with E-state index in [1.54, 1.807) is 0 Å². The van der Waals surface area contributed by atoms with Crippen molar-refractivity contribution < 1.29 is 4.79 Å². The first-order valence-corrected chi connectivity index (χ1v) is 6.32. The van der Waals surface area contributed by atoms with Crippen LogP contribution in [-0.2, 0) is 0 Å². The summed E-state index contributed by atoms with van der Waals surface area (Å²) >= 11 is 0. The summed E-state index contributed by atoms with van der Waals surface area (Å²) in [5, 5.41) is 12.3. The third-order valence-electron chi connectivity index (χ3n) is 3.79. The number of carbonyl (C=O) groups excluding carboxylic acids is 1. The largest absolute Gasteiger partial charge is 0.325 e. The highest BCUT2D eigenvalue weighted by atomic mass is 16.2. The van der Waals surface area contributed by atoms with Gasteiger partial charge >= 0.3 is 6.03 Å². The average Bonchev–Trinajstić information content (AvgIpc) is 2.86. The lowest BCUT2D eigenvalue weighted by Gasteiger charge is -2.36. The van der Waals surface area contributed by atoms with E-state index >= 15 is 0 Å². The molecule has 0 aliphatic carbocycles. The van der Waals surface area contributed by atoms with Crippen molar-refractivity contribution in [3.05, 3.63) is 0 Å². The molecule has 2 saturated heterocycles. The number of urea groups is 1. The van der Waals surface area contributed by atoms with Gasteiger partial charge in [0.15, 0.2) is 0 Å². The second kappa shape index (κ2) is 4.92. The molecular weight excluding hydrogens is 216 g/mol. The van der Waals surface area contributed by atoms with Gasteiger partial charge in [0.1, 0.15) is 5.54 Å². The van der Waals surface area contributed by atoms with Crippen molar-refractivity contribution in [2.75, 3.05) is 33.2 Å². The molecule has 17 heavy (non-hydrogen) atoms. The fraction of sp³-hybridized carbons (Fsp3) is 0.833. The number of hydrogen-bond acceptors (Lipinski definition) is 3. The summed E-state index contributed by atoms with van der Waals surface area (Å²) in [6.45, 7) is 3.39. The first-order valence-electron chi connectivity index (χ1n) is 6.32. The Morgan fingerprint density at radius 2 is 1.82 bits per heavy atom. The Balaban J connectivity index is 1.95. The van der Waals surface area contributed by atoms with E-state index in [1.165, 1.54) is 0 Å². The number of nitrogens with one attached hydrogen (secondary N) is 1. The Morgan fingerprint density at radius 3 is 2.35 bits per heavy atom. The van der Waals surface area contributed by atoms with Crippen molar-refractivity contribution >= 4 is 6.03 Å². The van der Waals surface area contributed by atoms with Crippen LogP contribution in [0.2, 0.25) is 0 Å². The highest BCUT2D eigenvalue weighted by molar-refractivity contribution is 5.75. The van der Waals surface area contributed by atoms with Crippen molar-refractivity contribution in [1.29, 1.82) is 5.26 Å². The van der Waals surface area contributed by atoms with Gasteiger partial charge in [-0.3, -0.25) is 0 Å². The molecule has 2 rings (SSSR count). The monoisotopic (exact) mass is 236 g/mol. The molecule has 2 amide bonds. The molecule has 5 nitrogen and oxygen atoms in total. The van der Waals surface area contributed by atoms with Crippen molar-refractivity contribution in [2.24, 2.45) is 0 Å². The summed E-state index contributed by atoms with van der Waals surface area (Å²) in [5.41, 5.74) is -0.647. The van der Waals surface area contributed by atoms with Crippen molar-refractivity contribution in [3.8, 4) is 6.07 Å². The smallest absolute Gasteiger partial charge is 0.318 e. The number of likely N-dealkylation sites (tertiary alicyclic amines) is 2. The Kier molecular flexibility index (Phi) is 3.53. The number of carbonyl (C=O) groups is 1. The minimum absolute atomic E-state index is 0.0615. The van der Waals surface area contributed by atoms with Gasteiger partial charge in [-0.25, -0.2) is 4.79 Å². The predicted octanol–water partition coefficient (Wildman–Crippen LogP) is 0.780. The molecule has 0 aromatic heterocycles. The molecule has 2 aliphatic heterocycles. The normalized spacial score (nSPS) is 24.4. The maximum atomic E-state index is 12.0. The van der Waals surface area contributed by atoms with Crippen LogP contribution in [-0.4, -0.2) is 54.6 Å². The molecule has 2 aliphatic rings. The summed E-state index contributed by atoms with van der Waals surface area (Å²) in [6, 6.07) is 2.25. The summed E-state index contributed by atoms with van der Waals surface area (Å²) in [7, 11) is 2.05. The summed E-state index contributed by atoms with van der Waals surface area (Å²) in [6.07, 6.45) is 3.60. The number of rotatable bonds is 1. The van der Waals surface area contributed by atoms with E-state index in [9.17, 15) is 10.1 Å². The zero-order chi connectivity index (χ0) is 12.3. The Morgan fingerprint density at radius 1 is 1.24 bits per heavy atom. The molecule has 0 radical (unpaired) electrons. The minimum atomic E-state index is -0.647. The van der Waals surface area contributed by atoms with Gasteiger partial charge in [-0.05, 0) is 32.7 Å². The molecule has 0 aromatic carbocycles. The molecule has 2 heterocycles. The standard InChI is InChI=1S/C12H20N4O/c1-15-8-4-12(10-13,5-9-15)14-11(17)16-6-2-3-7-16/h2-9H2,1H3,(H,14,17). The van der Waals surface area contributed by atoms with Crippen LogP contribution >= 0.6 is 0 Å². The molecule has 0 spiro atoms. The van der Waals surface area contributed by atoms with Crippen LogP contribution in [0.15, 0.2) is 0 Å². The van der Waals surface area contributed by atoms with Gasteiger partial charge in [0.2, 0.25) is 0 Å². The number of nitriles is 1. The van der Waals surface area contributed by atoms with Crippen LogP contribution in [0.4, 0.5) is 4.79 Å². The van der Waals surface area contributed by atoms with E-state index in [1.807, 2.05) is 11.9 Å². The van der Waals surface area contributed by atoms with E-state index in [0.717, 1.165) is 51.9 Å². The molecular formula is C12H20N4O. The van der Waals surface area contributed by atoms with Gasteiger partial charge in [-0.2, -0.15) is 5.26 Å². The minimum Gasteiger partial charge on any atom is -0.325 e. The highest BCUT2D eigenvalue weighted by Crippen LogP contribution is 2.21. The number of hydrogen-bond donors (Lipinski definition) is 1. The number of nitrogens with zero attached hydrogens (tertiary/aromatic N) is 3. The molecule has 0 bridgehead atoms. The SMILES string of the molecule is CN1CCC(C#N)(NC(=O)N2CCCC2)CC1. The van der Waals surface area contributed by atoms with Gasteiger partial charge in [-0.15, -0.1) is 0 Å². The van der Waals surface area contributed by atoms with Crippen molar-refractivity contribution in [2.45, 2.75) is 31.2 Å². The van der Waals surface area contributed by atoms with Gasteiger partial charge < -0.3 is 15.1 Å². The fourth-order valence-electron chi connectivity index (χ4n) is 2.47. The lowest BCUT2D eigenvalue weighted by Crippen LogP contribution is -2.56. The van der Waals surface area contributed by atoms with Crippen LogP contribution < -0.4 is 5.32 Å². The van der Waals surface area contributed by atoms with E-state index in [4.69, 9.17) is 0 Å².